The molecule has 1 aliphatic heterocycles. The summed E-state index contributed by atoms with van der Waals surface area (Å²) in [6, 6.07) is 3.13. The third kappa shape index (κ3) is 1.68. The summed E-state index contributed by atoms with van der Waals surface area (Å²) in [6.07, 6.45) is 1.48. The zero-order valence-corrected chi connectivity index (χ0v) is 8.72. The number of pyridine rings is 1. The van der Waals surface area contributed by atoms with E-state index in [0.717, 1.165) is 0 Å². The lowest BCUT2D eigenvalue weighted by molar-refractivity contribution is 0.591. The van der Waals surface area contributed by atoms with Crippen LogP contribution < -0.4 is 9.03 Å². The molecule has 0 spiro atoms. The third-order valence-corrected chi connectivity index (χ3v) is 3.64. The van der Waals surface area contributed by atoms with Gasteiger partial charge < -0.3 is 0 Å². The molecule has 5 nitrogen and oxygen atoms in total. The highest BCUT2D eigenvalue weighted by Gasteiger charge is 2.27. The Morgan fingerprint density at radius 1 is 1.57 bits per heavy atom. The highest BCUT2D eigenvalue weighted by Crippen LogP contribution is 2.21. The van der Waals surface area contributed by atoms with Crippen molar-refractivity contribution in [1.82, 2.24) is 9.71 Å². The van der Waals surface area contributed by atoms with Crippen LogP contribution in [0.3, 0.4) is 0 Å². The summed E-state index contributed by atoms with van der Waals surface area (Å²) >= 11 is 5.66. The number of nitrogens with zero attached hydrogens (tertiary/aromatic N) is 2. The van der Waals surface area contributed by atoms with Crippen molar-refractivity contribution in [3.8, 4) is 0 Å². The Hall–Kier alpha value is -0.850. The average Bonchev–Trinajstić information content (AvgIpc) is 2.45. The van der Waals surface area contributed by atoms with Crippen molar-refractivity contribution in [2.75, 3.05) is 17.4 Å². The number of rotatable bonds is 1. The van der Waals surface area contributed by atoms with Gasteiger partial charge in [0, 0.05) is 19.3 Å². The molecular weight excluding hydrogens is 226 g/mol. The predicted molar refractivity (Wildman–Crippen MR) is 53.5 cm³/mol. The molecule has 1 aliphatic rings. The molecule has 0 bridgehead atoms. The minimum Gasteiger partial charge on any atom is -0.256 e. The first-order chi connectivity index (χ1) is 6.59. The van der Waals surface area contributed by atoms with Gasteiger partial charge in [0.25, 0.3) is 0 Å². The van der Waals surface area contributed by atoms with Crippen LogP contribution in [0.25, 0.3) is 0 Å². The second kappa shape index (κ2) is 3.38. The minimum absolute atomic E-state index is 0.282. The molecule has 1 N–H and O–H groups in total. The van der Waals surface area contributed by atoms with E-state index < -0.39 is 10.2 Å². The number of halogens is 1. The normalized spacial score (nSPS) is 19.9. The maximum atomic E-state index is 11.4. The summed E-state index contributed by atoms with van der Waals surface area (Å²) < 4.78 is 26.5. The van der Waals surface area contributed by atoms with Crippen LogP contribution in [-0.4, -0.2) is 26.5 Å². The van der Waals surface area contributed by atoms with Crippen molar-refractivity contribution < 1.29 is 8.42 Å². The van der Waals surface area contributed by atoms with E-state index in [1.165, 1.54) is 16.6 Å². The smallest absolute Gasteiger partial charge is 0.256 e. The van der Waals surface area contributed by atoms with Crippen LogP contribution in [0.5, 0.6) is 0 Å². The van der Waals surface area contributed by atoms with Crippen molar-refractivity contribution in [3.63, 3.8) is 0 Å². The third-order valence-electron chi connectivity index (χ3n) is 1.89. The number of hydrogen-bond acceptors (Lipinski definition) is 3. The lowest BCUT2D eigenvalue weighted by Crippen LogP contribution is -2.29. The summed E-state index contributed by atoms with van der Waals surface area (Å²) in [6.45, 7) is 0.838. The standard InChI is InChI=1S/C7H8ClN3O2S/c8-7-5-6(1-2-9-7)11-4-3-10-14(11,12)13/h1-2,5,10H,3-4H2. The van der Waals surface area contributed by atoms with Gasteiger partial charge in [0.2, 0.25) is 0 Å². The second-order valence-electron chi connectivity index (χ2n) is 2.81. The molecule has 0 aromatic carbocycles. The number of aromatic nitrogens is 1. The molecule has 14 heavy (non-hydrogen) atoms. The molecule has 0 amide bonds. The fourth-order valence-corrected chi connectivity index (χ4v) is 2.69. The zero-order chi connectivity index (χ0) is 10.2. The first-order valence-corrected chi connectivity index (χ1v) is 5.80. The van der Waals surface area contributed by atoms with E-state index in [1.54, 1.807) is 6.07 Å². The number of anilines is 1. The summed E-state index contributed by atoms with van der Waals surface area (Å²) in [5.74, 6) is 0. The molecule has 7 heteroatoms. The van der Waals surface area contributed by atoms with Crippen LogP contribution in [0.1, 0.15) is 0 Å². The number of hydrogen-bond donors (Lipinski definition) is 1. The van der Waals surface area contributed by atoms with Crippen LogP contribution in [0.15, 0.2) is 18.3 Å². The summed E-state index contributed by atoms with van der Waals surface area (Å²) in [4.78, 5) is 3.78. The fraction of sp³-hybridized carbons (Fsp3) is 0.286. The largest absolute Gasteiger partial charge is 0.301 e. The maximum absolute atomic E-state index is 11.4. The maximum Gasteiger partial charge on any atom is 0.301 e. The Morgan fingerprint density at radius 3 is 2.93 bits per heavy atom. The molecule has 76 valence electrons. The molecule has 1 fully saturated rings. The summed E-state index contributed by atoms with van der Waals surface area (Å²) in [5, 5.41) is 0.282. The lowest BCUT2D eigenvalue weighted by atomic mass is 10.4. The van der Waals surface area contributed by atoms with Gasteiger partial charge in [-0.2, -0.15) is 13.1 Å². The van der Waals surface area contributed by atoms with Gasteiger partial charge in [-0.1, -0.05) is 11.6 Å². The Labute approximate surface area is 86.9 Å². The predicted octanol–water partition coefficient (Wildman–Crippen LogP) is 0.389. The Bertz CT molecular complexity index is 448. The average molecular weight is 234 g/mol. The molecule has 0 saturated carbocycles. The highest BCUT2D eigenvalue weighted by molar-refractivity contribution is 7.91. The van der Waals surface area contributed by atoms with Gasteiger partial charge in [-0.05, 0) is 12.1 Å². The minimum atomic E-state index is -3.36. The Balaban J connectivity index is 2.41. The quantitative estimate of drug-likeness (QED) is 0.714. The topological polar surface area (TPSA) is 62.3 Å². The first-order valence-electron chi connectivity index (χ1n) is 3.98. The van der Waals surface area contributed by atoms with Crippen LogP contribution in [0, 0.1) is 0 Å². The zero-order valence-electron chi connectivity index (χ0n) is 7.14. The molecule has 0 unspecified atom stereocenters. The van der Waals surface area contributed by atoms with Crippen molar-refractivity contribution >= 4 is 27.5 Å². The van der Waals surface area contributed by atoms with Gasteiger partial charge in [0.05, 0.1) is 5.69 Å². The SMILES string of the molecule is O=S1(=O)NCCN1c1ccnc(Cl)c1. The summed E-state index contributed by atoms with van der Waals surface area (Å²) in [7, 11) is -3.36. The van der Waals surface area contributed by atoms with Crippen LogP contribution in [-0.2, 0) is 10.2 Å². The van der Waals surface area contributed by atoms with Gasteiger partial charge >= 0.3 is 10.2 Å². The Kier molecular flexibility index (Phi) is 2.34. The van der Waals surface area contributed by atoms with E-state index in [-0.39, 0.29) is 5.15 Å². The lowest BCUT2D eigenvalue weighted by Gasteiger charge is -2.15. The molecule has 0 aliphatic carbocycles. The molecule has 0 radical (unpaired) electrons. The Morgan fingerprint density at radius 2 is 2.36 bits per heavy atom. The van der Waals surface area contributed by atoms with Gasteiger partial charge in [0.15, 0.2) is 0 Å². The highest BCUT2D eigenvalue weighted by atomic mass is 35.5. The van der Waals surface area contributed by atoms with E-state index in [0.29, 0.717) is 18.8 Å². The van der Waals surface area contributed by atoms with Gasteiger partial charge in [-0.15, -0.1) is 0 Å². The monoisotopic (exact) mass is 233 g/mol. The molecule has 2 rings (SSSR count). The van der Waals surface area contributed by atoms with Crippen LogP contribution >= 0.6 is 11.6 Å². The second-order valence-corrected chi connectivity index (χ2v) is 4.88. The fourth-order valence-electron chi connectivity index (χ4n) is 1.29. The van der Waals surface area contributed by atoms with E-state index in [1.807, 2.05) is 0 Å². The van der Waals surface area contributed by atoms with Crippen molar-refractivity contribution in [2.24, 2.45) is 0 Å². The first kappa shape index (κ1) is 9.70. The van der Waals surface area contributed by atoms with E-state index in [4.69, 9.17) is 11.6 Å². The van der Waals surface area contributed by atoms with Crippen molar-refractivity contribution in [2.45, 2.75) is 0 Å². The summed E-state index contributed by atoms with van der Waals surface area (Å²) in [5.41, 5.74) is 0.537. The van der Waals surface area contributed by atoms with Crippen molar-refractivity contribution in [3.05, 3.63) is 23.5 Å². The van der Waals surface area contributed by atoms with Gasteiger partial charge in [-0.3, -0.25) is 4.31 Å². The van der Waals surface area contributed by atoms with Crippen molar-refractivity contribution in [1.29, 1.82) is 0 Å². The molecule has 1 aromatic rings. The van der Waals surface area contributed by atoms with Gasteiger partial charge in [0.1, 0.15) is 5.15 Å². The molecule has 1 saturated heterocycles. The number of nitrogens with one attached hydrogen (secondary N) is 1. The molecule has 1 aromatic heterocycles. The van der Waals surface area contributed by atoms with Gasteiger partial charge in [-0.25, -0.2) is 4.98 Å². The van der Waals surface area contributed by atoms with E-state index in [2.05, 4.69) is 9.71 Å². The van der Waals surface area contributed by atoms with E-state index in [9.17, 15) is 8.42 Å². The van der Waals surface area contributed by atoms with Crippen LogP contribution in [0.4, 0.5) is 5.69 Å². The molecule has 0 atom stereocenters. The molecule has 2 heterocycles. The van der Waals surface area contributed by atoms with Crippen LogP contribution in [0.2, 0.25) is 5.15 Å². The molecular formula is C7H8ClN3O2S. The van der Waals surface area contributed by atoms with E-state index >= 15 is 0 Å².